The maximum Gasteiger partial charge on any atom is 0.233 e. The van der Waals surface area contributed by atoms with E-state index in [0.29, 0.717) is 23.3 Å². The summed E-state index contributed by atoms with van der Waals surface area (Å²) in [5.74, 6) is 2.11. The van der Waals surface area contributed by atoms with Crippen molar-refractivity contribution in [1.82, 2.24) is 4.90 Å². The van der Waals surface area contributed by atoms with Crippen molar-refractivity contribution >= 4 is 17.7 Å². The maximum absolute atomic E-state index is 12.6. The van der Waals surface area contributed by atoms with Crippen LogP contribution in [0.2, 0.25) is 0 Å². The van der Waals surface area contributed by atoms with Gasteiger partial charge in [0, 0.05) is 17.5 Å². The number of methoxy groups -OCH3 is 2. The summed E-state index contributed by atoms with van der Waals surface area (Å²) in [5, 5.41) is 0. The summed E-state index contributed by atoms with van der Waals surface area (Å²) in [6.07, 6.45) is 6.11. The fourth-order valence-electron chi connectivity index (χ4n) is 3.17. The zero-order valence-electron chi connectivity index (χ0n) is 14.3. The van der Waals surface area contributed by atoms with E-state index < -0.39 is 0 Å². The SMILES string of the molecule is CCN(C(=O)CSc1ccc(OC)c(OC)c1)C1CCCCC1. The Bertz CT molecular complexity index is 515. The summed E-state index contributed by atoms with van der Waals surface area (Å²) in [4.78, 5) is 15.7. The van der Waals surface area contributed by atoms with Gasteiger partial charge in [0.15, 0.2) is 11.5 Å². The largest absolute Gasteiger partial charge is 0.493 e. The Hall–Kier alpha value is -1.36. The van der Waals surface area contributed by atoms with E-state index >= 15 is 0 Å². The summed E-state index contributed by atoms with van der Waals surface area (Å²) >= 11 is 1.56. The molecule has 0 N–H and O–H groups in total. The summed E-state index contributed by atoms with van der Waals surface area (Å²) in [5.41, 5.74) is 0. The molecule has 0 aliphatic heterocycles. The topological polar surface area (TPSA) is 38.8 Å². The third kappa shape index (κ3) is 4.80. The van der Waals surface area contributed by atoms with Gasteiger partial charge in [0.2, 0.25) is 5.91 Å². The molecule has 4 nitrogen and oxygen atoms in total. The van der Waals surface area contributed by atoms with Crippen molar-refractivity contribution in [2.75, 3.05) is 26.5 Å². The minimum Gasteiger partial charge on any atom is -0.493 e. The quantitative estimate of drug-likeness (QED) is 0.706. The second kappa shape index (κ2) is 9.06. The molecule has 0 heterocycles. The molecule has 0 radical (unpaired) electrons. The highest BCUT2D eigenvalue weighted by molar-refractivity contribution is 8.00. The molecular formula is C18H27NO3S. The summed E-state index contributed by atoms with van der Waals surface area (Å²) < 4.78 is 10.6. The second-order valence-electron chi connectivity index (χ2n) is 5.78. The molecular weight excluding hydrogens is 310 g/mol. The van der Waals surface area contributed by atoms with Gasteiger partial charge in [-0.25, -0.2) is 0 Å². The monoisotopic (exact) mass is 337 g/mol. The Morgan fingerprint density at radius 2 is 1.87 bits per heavy atom. The Morgan fingerprint density at radius 1 is 1.17 bits per heavy atom. The molecule has 23 heavy (non-hydrogen) atoms. The number of ether oxygens (including phenoxy) is 2. The van der Waals surface area contributed by atoms with E-state index in [0.717, 1.165) is 24.3 Å². The van der Waals surface area contributed by atoms with Gasteiger partial charge < -0.3 is 14.4 Å². The van der Waals surface area contributed by atoms with Crippen LogP contribution >= 0.6 is 11.8 Å². The standard InChI is InChI=1S/C18H27NO3S/c1-4-19(14-8-6-5-7-9-14)18(20)13-23-15-10-11-16(21-2)17(12-15)22-3/h10-12,14H,4-9,13H2,1-3H3. The van der Waals surface area contributed by atoms with Crippen LogP contribution in [-0.4, -0.2) is 43.4 Å². The van der Waals surface area contributed by atoms with Crippen molar-refractivity contribution in [2.45, 2.75) is 50.0 Å². The predicted octanol–water partition coefficient (Wildman–Crippen LogP) is 3.98. The van der Waals surface area contributed by atoms with Gasteiger partial charge in [0.25, 0.3) is 0 Å². The number of thioether (sulfide) groups is 1. The lowest BCUT2D eigenvalue weighted by Crippen LogP contribution is -2.42. The summed E-state index contributed by atoms with van der Waals surface area (Å²) in [6, 6.07) is 6.21. The molecule has 5 heteroatoms. The molecule has 0 unspecified atom stereocenters. The van der Waals surface area contributed by atoms with Crippen LogP contribution < -0.4 is 9.47 Å². The minimum absolute atomic E-state index is 0.235. The van der Waals surface area contributed by atoms with E-state index in [2.05, 4.69) is 11.8 Å². The highest BCUT2D eigenvalue weighted by atomic mass is 32.2. The van der Waals surface area contributed by atoms with E-state index in [1.54, 1.807) is 26.0 Å². The Morgan fingerprint density at radius 3 is 2.48 bits per heavy atom. The van der Waals surface area contributed by atoms with E-state index in [4.69, 9.17) is 9.47 Å². The van der Waals surface area contributed by atoms with Crippen LogP contribution in [0.3, 0.4) is 0 Å². The molecule has 0 aromatic heterocycles. The maximum atomic E-state index is 12.6. The molecule has 0 atom stereocenters. The molecule has 0 saturated heterocycles. The third-order valence-electron chi connectivity index (χ3n) is 4.39. The van der Waals surface area contributed by atoms with Gasteiger partial charge in [0.1, 0.15) is 0 Å². The van der Waals surface area contributed by atoms with Crippen LogP contribution in [0.15, 0.2) is 23.1 Å². The average Bonchev–Trinajstić information content (AvgIpc) is 2.61. The van der Waals surface area contributed by atoms with Crippen LogP contribution in [-0.2, 0) is 4.79 Å². The molecule has 1 amide bonds. The normalized spacial score (nSPS) is 15.3. The van der Waals surface area contributed by atoms with E-state index in [1.807, 2.05) is 18.2 Å². The van der Waals surface area contributed by atoms with Gasteiger partial charge in [-0.1, -0.05) is 19.3 Å². The van der Waals surface area contributed by atoms with Crippen molar-refractivity contribution in [3.63, 3.8) is 0 Å². The molecule has 1 aromatic carbocycles. The van der Waals surface area contributed by atoms with Crippen LogP contribution in [0.25, 0.3) is 0 Å². The van der Waals surface area contributed by atoms with Crippen molar-refractivity contribution in [2.24, 2.45) is 0 Å². The van der Waals surface area contributed by atoms with Crippen molar-refractivity contribution < 1.29 is 14.3 Å². The summed E-state index contributed by atoms with van der Waals surface area (Å²) in [7, 11) is 3.25. The van der Waals surface area contributed by atoms with Gasteiger partial charge in [-0.05, 0) is 38.0 Å². The second-order valence-corrected chi connectivity index (χ2v) is 6.83. The van der Waals surface area contributed by atoms with Crippen molar-refractivity contribution in [3.8, 4) is 11.5 Å². The number of nitrogens with zero attached hydrogens (tertiary/aromatic N) is 1. The lowest BCUT2D eigenvalue weighted by atomic mass is 9.94. The number of rotatable bonds is 7. The van der Waals surface area contributed by atoms with Crippen molar-refractivity contribution in [3.05, 3.63) is 18.2 Å². The fraction of sp³-hybridized carbons (Fsp3) is 0.611. The van der Waals surface area contributed by atoms with Gasteiger partial charge in [-0.2, -0.15) is 0 Å². The van der Waals surface area contributed by atoms with Gasteiger partial charge in [0.05, 0.1) is 20.0 Å². The summed E-state index contributed by atoms with van der Waals surface area (Å²) in [6.45, 7) is 2.88. The molecule has 0 spiro atoms. The Kier molecular flexibility index (Phi) is 7.09. The van der Waals surface area contributed by atoms with Gasteiger partial charge >= 0.3 is 0 Å². The zero-order valence-corrected chi connectivity index (χ0v) is 15.2. The van der Waals surface area contributed by atoms with Crippen LogP contribution in [0, 0.1) is 0 Å². The first kappa shape index (κ1) is 18.0. The zero-order chi connectivity index (χ0) is 16.7. The first-order chi connectivity index (χ1) is 11.2. The number of hydrogen-bond donors (Lipinski definition) is 0. The fourth-order valence-corrected chi connectivity index (χ4v) is 3.98. The molecule has 128 valence electrons. The Balaban J connectivity index is 1.94. The van der Waals surface area contributed by atoms with Crippen LogP contribution in [0.1, 0.15) is 39.0 Å². The molecule has 1 saturated carbocycles. The predicted molar refractivity (Wildman–Crippen MR) is 94.5 cm³/mol. The average molecular weight is 337 g/mol. The lowest BCUT2D eigenvalue weighted by Gasteiger charge is -2.33. The molecule has 1 aliphatic carbocycles. The number of hydrogen-bond acceptors (Lipinski definition) is 4. The molecule has 2 rings (SSSR count). The van der Waals surface area contributed by atoms with Crippen LogP contribution in [0.4, 0.5) is 0 Å². The highest BCUT2D eigenvalue weighted by Crippen LogP contribution is 2.32. The lowest BCUT2D eigenvalue weighted by molar-refractivity contribution is -0.131. The van der Waals surface area contributed by atoms with Crippen molar-refractivity contribution in [1.29, 1.82) is 0 Å². The number of carbonyl (C=O) groups excluding carboxylic acids is 1. The first-order valence-corrected chi connectivity index (χ1v) is 9.32. The first-order valence-electron chi connectivity index (χ1n) is 8.33. The number of benzene rings is 1. The van der Waals surface area contributed by atoms with Crippen LogP contribution in [0.5, 0.6) is 11.5 Å². The minimum atomic E-state index is 0.235. The molecule has 1 fully saturated rings. The third-order valence-corrected chi connectivity index (χ3v) is 5.37. The Labute approximate surface area is 143 Å². The molecule has 1 aromatic rings. The number of amides is 1. The van der Waals surface area contributed by atoms with E-state index in [-0.39, 0.29) is 5.91 Å². The van der Waals surface area contributed by atoms with Gasteiger partial charge in [-0.15, -0.1) is 11.8 Å². The van der Waals surface area contributed by atoms with Gasteiger partial charge in [-0.3, -0.25) is 4.79 Å². The number of carbonyl (C=O) groups is 1. The smallest absolute Gasteiger partial charge is 0.233 e. The van der Waals surface area contributed by atoms with E-state index in [1.165, 1.54) is 19.3 Å². The molecule has 0 bridgehead atoms. The van der Waals surface area contributed by atoms with E-state index in [9.17, 15) is 4.79 Å². The highest BCUT2D eigenvalue weighted by Gasteiger charge is 2.23. The molecule has 1 aliphatic rings.